The third-order valence-corrected chi connectivity index (χ3v) is 12.8. The number of esters is 1. The van der Waals surface area contributed by atoms with Gasteiger partial charge in [-0.25, -0.2) is 0 Å². The minimum absolute atomic E-state index is 0.0789. The third-order valence-electron chi connectivity index (χ3n) is 12.8. The van der Waals surface area contributed by atoms with Crippen LogP contribution in [-0.2, 0) is 14.3 Å². The fourth-order valence-corrected chi connectivity index (χ4v) is 8.66. The van der Waals surface area contributed by atoms with Gasteiger partial charge in [0.1, 0.15) is 6.10 Å². The number of hydrogen-bond acceptors (Lipinski definition) is 5. The molecule has 1 amide bonds. The molecule has 0 heterocycles. The molecule has 362 valence electrons. The second kappa shape index (κ2) is 49.6. The Hall–Kier alpha value is -1.40. The van der Waals surface area contributed by atoms with Crippen molar-refractivity contribution < 1.29 is 24.5 Å². The van der Waals surface area contributed by atoms with Crippen LogP contribution in [0.2, 0.25) is 0 Å². The summed E-state index contributed by atoms with van der Waals surface area (Å²) in [4.78, 5) is 26.2. The summed E-state index contributed by atoms with van der Waals surface area (Å²) < 4.78 is 5.94. The van der Waals surface area contributed by atoms with Crippen molar-refractivity contribution >= 4 is 11.9 Å². The van der Waals surface area contributed by atoms with Crippen molar-refractivity contribution in [2.75, 3.05) is 6.61 Å². The molecule has 0 rings (SSSR count). The van der Waals surface area contributed by atoms with E-state index in [-0.39, 0.29) is 24.9 Å². The zero-order valence-electron chi connectivity index (χ0n) is 41.3. The first kappa shape index (κ1) is 59.6. The van der Waals surface area contributed by atoms with Crippen molar-refractivity contribution in [3.63, 3.8) is 0 Å². The second-order valence-electron chi connectivity index (χ2n) is 19.0. The fraction of sp³-hybridized carbons (Fsp3) is 0.927. The summed E-state index contributed by atoms with van der Waals surface area (Å²) >= 11 is 0. The number of hydrogen-bond donors (Lipinski definition) is 3. The largest absolute Gasteiger partial charge is 0.462 e. The summed E-state index contributed by atoms with van der Waals surface area (Å²) in [6.45, 7) is 6.51. The Morgan fingerprint density at radius 2 is 0.787 bits per heavy atom. The summed E-state index contributed by atoms with van der Waals surface area (Å²) in [5, 5.41) is 23.8. The van der Waals surface area contributed by atoms with Gasteiger partial charge in [0.25, 0.3) is 0 Å². The van der Waals surface area contributed by atoms with Crippen LogP contribution in [0.15, 0.2) is 12.2 Å². The van der Waals surface area contributed by atoms with Gasteiger partial charge >= 0.3 is 5.97 Å². The molecule has 61 heavy (non-hydrogen) atoms. The Morgan fingerprint density at radius 1 is 0.459 bits per heavy atom. The molecule has 3 N–H and O–H groups in total. The van der Waals surface area contributed by atoms with Crippen LogP contribution in [0, 0.1) is 0 Å². The maximum atomic E-state index is 13.2. The van der Waals surface area contributed by atoms with Gasteiger partial charge in [0.15, 0.2) is 0 Å². The second-order valence-corrected chi connectivity index (χ2v) is 19.0. The van der Waals surface area contributed by atoms with E-state index in [1.807, 2.05) is 0 Å². The lowest BCUT2D eigenvalue weighted by Crippen LogP contribution is -2.46. The van der Waals surface area contributed by atoms with Crippen molar-refractivity contribution in [2.24, 2.45) is 0 Å². The van der Waals surface area contributed by atoms with E-state index in [9.17, 15) is 19.8 Å². The molecule has 0 aliphatic heterocycles. The lowest BCUT2D eigenvalue weighted by atomic mass is 10.0. The normalized spacial score (nSPS) is 13.2. The maximum Gasteiger partial charge on any atom is 0.306 e. The predicted molar refractivity (Wildman–Crippen MR) is 264 cm³/mol. The maximum absolute atomic E-state index is 13.2. The van der Waals surface area contributed by atoms with E-state index in [4.69, 9.17) is 4.74 Å². The van der Waals surface area contributed by atoms with E-state index >= 15 is 0 Å². The number of aliphatic hydroxyl groups is 2. The summed E-state index contributed by atoms with van der Waals surface area (Å²) in [5.41, 5.74) is 0. The van der Waals surface area contributed by atoms with Crippen molar-refractivity contribution in [1.82, 2.24) is 5.32 Å². The van der Waals surface area contributed by atoms with Gasteiger partial charge in [-0.3, -0.25) is 9.59 Å². The molecule has 3 atom stereocenters. The van der Waals surface area contributed by atoms with E-state index in [1.165, 1.54) is 205 Å². The SMILES string of the molecule is CCCCCCCCC/C=C\CCCCCC(=O)OC(CCCCCCCCCCCCCC)CC(=O)NC(CO)C(O)CCCCCCCCCCCCCCCCCC. The van der Waals surface area contributed by atoms with E-state index in [0.717, 1.165) is 51.4 Å². The topological polar surface area (TPSA) is 95.9 Å². The number of nitrogens with one attached hydrogen (secondary N) is 1. The summed E-state index contributed by atoms with van der Waals surface area (Å²) in [6.07, 6.45) is 55.6. The molecular formula is C55H107NO5. The van der Waals surface area contributed by atoms with Crippen molar-refractivity contribution in [3.8, 4) is 0 Å². The molecule has 6 nitrogen and oxygen atoms in total. The molecule has 0 aromatic rings. The first-order valence-corrected chi connectivity index (χ1v) is 27.4. The lowest BCUT2D eigenvalue weighted by molar-refractivity contribution is -0.151. The van der Waals surface area contributed by atoms with Gasteiger partial charge in [0.2, 0.25) is 5.91 Å². The molecule has 0 aliphatic carbocycles. The number of unbranched alkanes of at least 4 members (excludes halogenated alkanes) is 36. The molecular weight excluding hydrogens is 755 g/mol. The summed E-state index contributed by atoms with van der Waals surface area (Å²) in [6, 6.07) is -0.698. The van der Waals surface area contributed by atoms with Crippen LogP contribution in [0.4, 0.5) is 0 Å². The van der Waals surface area contributed by atoms with Gasteiger partial charge in [0.05, 0.1) is 25.2 Å². The highest BCUT2D eigenvalue weighted by atomic mass is 16.5. The van der Waals surface area contributed by atoms with Crippen LogP contribution in [0.3, 0.4) is 0 Å². The number of ether oxygens (including phenoxy) is 1. The van der Waals surface area contributed by atoms with Gasteiger partial charge in [0, 0.05) is 6.42 Å². The van der Waals surface area contributed by atoms with Gasteiger partial charge in [-0.2, -0.15) is 0 Å². The van der Waals surface area contributed by atoms with Crippen LogP contribution < -0.4 is 5.32 Å². The molecule has 0 aromatic heterocycles. The van der Waals surface area contributed by atoms with Crippen molar-refractivity contribution in [3.05, 3.63) is 12.2 Å². The Morgan fingerprint density at radius 3 is 1.16 bits per heavy atom. The van der Waals surface area contributed by atoms with Crippen molar-refractivity contribution in [1.29, 1.82) is 0 Å². The molecule has 0 saturated heterocycles. The monoisotopic (exact) mass is 862 g/mol. The number of aliphatic hydroxyl groups excluding tert-OH is 2. The lowest BCUT2D eigenvalue weighted by Gasteiger charge is -2.24. The summed E-state index contributed by atoms with van der Waals surface area (Å²) in [5.74, 6) is -0.474. The zero-order chi connectivity index (χ0) is 44.5. The Balaban J connectivity index is 4.49. The quantitative estimate of drug-likeness (QED) is 0.0322. The number of allylic oxidation sites excluding steroid dienone is 2. The highest BCUT2D eigenvalue weighted by Gasteiger charge is 2.24. The number of carbonyl (C=O) groups is 2. The van der Waals surface area contributed by atoms with E-state index in [0.29, 0.717) is 19.3 Å². The van der Waals surface area contributed by atoms with Crippen LogP contribution in [-0.4, -0.2) is 46.9 Å². The third kappa shape index (κ3) is 45.0. The number of carbonyl (C=O) groups excluding carboxylic acids is 2. The van der Waals surface area contributed by atoms with Gasteiger partial charge < -0.3 is 20.3 Å². The average molecular weight is 862 g/mol. The predicted octanol–water partition coefficient (Wildman–Crippen LogP) is 16.5. The van der Waals surface area contributed by atoms with Crippen LogP contribution >= 0.6 is 0 Å². The molecule has 3 unspecified atom stereocenters. The fourth-order valence-electron chi connectivity index (χ4n) is 8.66. The smallest absolute Gasteiger partial charge is 0.306 e. The molecule has 0 radical (unpaired) electrons. The van der Waals surface area contributed by atoms with E-state index in [1.54, 1.807) is 0 Å². The van der Waals surface area contributed by atoms with Crippen molar-refractivity contribution in [2.45, 2.75) is 322 Å². The van der Waals surface area contributed by atoms with E-state index < -0.39 is 18.2 Å². The van der Waals surface area contributed by atoms with Gasteiger partial charge in [-0.15, -0.1) is 0 Å². The highest BCUT2D eigenvalue weighted by Crippen LogP contribution is 2.19. The summed E-state index contributed by atoms with van der Waals surface area (Å²) in [7, 11) is 0. The Bertz CT molecular complexity index is 924. The Kier molecular flexibility index (Phi) is 48.5. The van der Waals surface area contributed by atoms with Gasteiger partial charge in [-0.05, 0) is 51.4 Å². The standard InChI is InChI=1S/C55H107NO5/c1-4-7-10-13-16-19-22-25-27-28-29-32-35-38-41-44-47-53(58)52(50-57)56-54(59)49-51(46-43-40-37-34-31-24-21-18-15-12-9-6-3)61-55(60)48-45-42-39-36-33-30-26-23-20-17-14-11-8-5-2/h30,33,51-53,57-58H,4-29,31-32,34-50H2,1-3H3,(H,56,59)/b33-30-. The molecule has 0 aromatic carbocycles. The Labute approximate surface area is 380 Å². The molecule has 0 bridgehead atoms. The minimum Gasteiger partial charge on any atom is -0.462 e. The number of rotatable bonds is 50. The zero-order valence-corrected chi connectivity index (χ0v) is 41.3. The first-order valence-electron chi connectivity index (χ1n) is 27.4. The molecule has 0 aliphatic rings. The van der Waals surface area contributed by atoms with Crippen LogP contribution in [0.5, 0.6) is 0 Å². The van der Waals surface area contributed by atoms with Gasteiger partial charge in [-0.1, -0.05) is 251 Å². The minimum atomic E-state index is -0.784. The van der Waals surface area contributed by atoms with Crippen LogP contribution in [0.25, 0.3) is 0 Å². The van der Waals surface area contributed by atoms with Crippen LogP contribution in [0.1, 0.15) is 303 Å². The molecule has 6 heteroatoms. The first-order chi connectivity index (χ1) is 30.0. The van der Waals surface area contributed by atoms with E-state index in [2.05, 4.69) is 38.2 Å². The molecule has 0 fully saturated rings. The molecule has 0 spiro atoms. The highest BCUT2D eigenvalue weighted by molar-refractivity contribution is 5.77. The average Bonchev–Trinajstić information content (AvgIpc) is 3.25. The number of amides is 1. The molecule has 0 saturated carbocycles.